The van der Waals surface area contributed by atoms with E-state index in [9.17, 15) is 13.2 Å². The summed E-state index contributed by atoms with van der Waals surface area (Å²) in [6, 6.07) is 5.64. The Bertz CT molecular complexity index is 470. The minimum Gasteiger partial charge on any atom is -0.378 e. The van der Waals surface area contributed by atoms with Gasteiger partial charge in [0.25, 0.3) is 0 Å². The molecular weight excluding hydrogens is 285 g/mol. The molecule has 5 heteroatoms. The number of rotatable bonds is 3. The van der Waals surface area contributed by atoms with Crippen molar-refractivity contribution >= 4 is 11.8 Å². The Morgan fingerprint density at radius 2 is 1.95 bits per heavy atom. The van der Waals surface area contributed by atoms with Gasteiger partial charge in [0.1, 0.15) is 0 Å². The van der Waals surface area contributed by atoms with Crippen molar-refractivity contribution in [2.45, 2.75) is 48.1 Å². The minimum atomic E-state index is -4.26. The summed E-state index contributed by atoms with van der Waals surface area (Å²) in [5.41, 5.74) is -0.562. The van der Waals surface area contributed by atoms with E-state index in [-0.39, 0.29) is 0 Å². The molecule has 1 aromatic rings. The first-order chi connectivity index (χ1) is 9.52. The first-order valence-electron chi connectivity index (χ1n) is 6.98. The van der Waals surface area contributed by atoms with Crippen LogP contribution in [-0.2, 0) is 10.9 Å². The third-order valence-electron chi connectivity index (χ3n) is 3.88. The monoisotopic (exact) mass is 302 g/mol. The van der Waals surface area contributed by atoms with Crippen molar-refractivity contribution < 1.29 is 17.9 Å². The van der Waals surface area contributed by atoms with Crippen LogP contribution in [0.15, 0.2) is 29.2 Å². The summed E-state index contributed by atoms with van der Waals surface area (Å²) in [4.78, 5) is 0.710. The SMILES string of the molecule is FC(F)(F)c1cccc(SC2CCOC(C3CC3)C2)c1. The summed E-state index contributed by atoms with van der Waals surface area (Å²) in [7, 11) is 0. The van der Waals surface area contributed by atoms with Gasteiger partial charge in [-0.3, -0.25) is 0 Å². The van der Waals surface area contributed by atoms with Crippen LogP contribution in [0.4, 0.5) is 13.2 Å². The Balaban J connectivity index is 1.65. The highest BCUT2D eigenvalue weighted by Gasteiger charge is 2.36. The summed E-state index contributed by atoms with van der Waals surface area (Å²) in [6.45, 7) is 0.734. The minimum absolute atomic E-state index is 0.326. The van der Waals surface area contributed by atoms with Gasteiger partial charge in [-0.25, -0.2) is 0 Å². The first-order valence-corrected chi connectivity index (χ1v) is 7.86. The second-order valence-electron chi connectivity index (χ2n) is 5.54. The number of ether oxygens (including phenoxy) is 1. The van der Waals surface area contributed by atoms with Gasteiger partial charge in [0.15, 0.2) is 0 Å². The quantitative estimate of drug-likeness (QED) is 0.796. The van der Waals surface area contributed by atoms with Gasteiger partial charge in [-0.15, -0.1) is 11.8 Å². The zero-order valence-electron chi connectivity index (χ0n) is 11.0. The smallest absolute Gasteiger partial charge is 0.378 e. The van der Waals surface area contributed by atoms with Gasteiger partial charge in [0.2, 0.25) is 0 Å². The topological polar surface area (TPSA) is 9.23 Å². The van der Waals surface area contributed by atoms with Crippen molar-refractivity contribution in [3.8, 4) is 0 Å². The van der Waals surface area contributed by atoms with Crippen molar-refractivity contribution in [3.05, 3.63) is 29.8 Å². The molecule has 2 fully saturated rings. The Kier molecular flexibility index (Phi) is 4.00. The maximum absolute atomic E-state index is 12.7. The average Bonchev–Trinajstić information content (AvgIpc) is 3.23. The van der Waals surface area contributed by atoms with E-state index in [2.05, 4.69) is 0 Å². The molecule has 3 rings (SSSR count). The van der Waals surface area contributed by atoms with E-state index in [1.807, 2.05) is 0 Å². The van der Waals surface area contributed by atoms with Crippen LogP contribution in [0.5, 0.6) is 0 Å². The molecule has 1 aromatic carbocycles. The Morgan fingerprint density at radius 3 is 2.65 bits per heavy atom. The van der Waals surface area contributed by atoms with Gasteiger partial charge < -0.3 is 4.74 Å². The van der Waals surface area contributed by atoms with Crippen LogP contribution >= 0.6 is 11.8 Å². The lowest BCUT2D eigenvalue weighted by molar-refractivity contribution is -0.137. The lowest BCUT2D eigenvalue weighted by atomic mass is 10.1. The molecule has 2 unspecified atom stereocenters. The molecular formula is C15H17F3OS. The number of benzene rings is 1. The van der Waals surface area contributed by atoms with Crippen LogP contribution < -0.4 is 0 Å². The molecule has 1 saturated carbocycles. The van der Waals surface area contributed by atoms with E-state index in [1.165, 1.54) is 25.0 Å². The number of hydrogen-bond acceptors (Lipinski definition) is 2. The average molecular weight is 302 g/mol. The van der Waals surface area contributed by atoms with E-state index in [0.717, 1.165) is 25.5 Å². The zero-order valence-corrected chi connectivity index (χ0v) is 11.8. The van der Waals surface area contributed by atoms with Gasteiger partial charge in [0.05, 0.1) is 11.7 Å². The molecule has 0 N–H and O–H groups in total. The van der Waals surface area contributed by atoms with Gasteiger partial charge in [-0.1, -0.05) is 6.07 Å². The molecule has 0 radical (unpaired) electrons. The van der Waals surface area contributed by atoms with Gasteiger partial charge in [-0.2, -0.15) is 13.2 Å². The summed E-state index contributed by atoms with van der Waals surface area (Å²) in [5, 5.41) is 0.373. The molecule has 2 aliphatic rings. The third-order valence-corrected chi connectivity index (χ3v) is 5.17. The predicted molar refractivity (Wildman–Crippen MR) is 72.8 cm³/mol. The number of alkyl halides is 3. The summed E-state index contributed by atoms with van der Waals surface area (Å²) >= 11 is 1.56. The van der Waals surface area contributed by atoms with Crippen LogP contribution in [0.25, 0.3) is 0 Å². The molecule has 0 aromatic heterocycles. The molecule has 1 heterocycles. The molecule has 1 aliphatic heterocycles. The Morgan fingerprint density at radius 1 is 1.15 bits per heavy atom. The molecule has 1 aliphatic carbocycles. The maximum Gasteiger partial charge on any atom is 0.416 e. The van der Waals surface area contributed by atoms with Crippen molar-refractivity contribution in [1.82, 2.24) is 0 Å². The van der Waals surface area contributed by atoms with E-state index < -0.39 is 11.7 Å². The van der Waals surface area contributed by atoms with Gasteiger partial charge in [0, 0.05) is 16.8 Å². The largest absolute Gasteiger partial charge is 0.416 e. The molecule has 2 atom stereocenters. The highest BCUT2D eigenvalue weighted by atomic mass is 32.2. The Hall–Kier alpha value is -0.680. The standard InChI is InChI=1S/C15H17F3OS/c16-15(17,18)11-2-1-3-12(8-11)20-13-6-7-19-14(9-13)10-4-5-10/h1-3,8,10,13-14H,4-7,9H2. The van der Waals surface area contributed by atoms with Gasteiger partial charge >= 0.3 is 6.18 Å². The summed E-state index contributed by atoms with van der Waals surface area (Å²) in [5.74, 6) is 0.694. The maximum atomic E-state index is 12.7. The van der Waals surface area contributed by atoms with Crippen molar-refractivity contribution in [2.24, 2.45) is 5.92 Å². The number of thioether (sulfide) groups is 1. The first kappa shape index (κ1) is 14.3. The Labute approximate surface area is 120 Å². The lowest BCUT2D eigenvalue weighted by Crippen LogP contribution is -2.28. The number of halogens is 3. The zero-order chi connectivity index (χ0) is 14.2. The molecule has 0 bridgehead atoms. The van der Waals surface area contributed by atoms with Crippen LogP contribution in [0, 0.1) is 5.92 Å². The molecule has 20 heavy (non-hydrogen) atoms. The molecule has 1 nitrogen and oxygen atoms in total. The van der Waals surface area contributed by atoms with Gasteiger partial charge in [-0.05, 0) is 49.8 Å². The predicted octanol–water partition coefficient (Wildman–Crippen LogP) is 4.76. The highest BCUT2D eigenvalue weighted by Crippen LogP contribution is 2.42. The molecule has 0 amide bonds. The van der Waals surface area contributed by atoms with Crippen molar-refractivity contribution in [1.29, 1.82) is 0 Å². The van der Waals surface area contributed by atoms with Crippen LogP contribution in [0.2, 0.25) is 0 Å². The number of hydrogen-bond donors (Lipinski definition) is 0. The second kappa shape index (κ2) is 5.60. The van der Waals surface area contributed by atoms with Crippen LogP contribution in [-0.4, -0.2) is 18.0 Å². The van der Waals surface area contributed by atoms with E-state index in [0.29, 0.717) is 22.2 Å². The normalized spacial score (nSPS) is 27.6. The van der Waals surface area contributed by atoms with E-state index >= 15 is 0 Å². The van der Waals surface area contributed by atoms with Crippen LogP contribution in [0.1, 0.15) is 31.2 Å². The van der Waals surface area contributed by atoms with Crippen molar-refractivity contribution in [3.63, 3.8) is 0 Å². The fraction of sp³-hybridized carbons (Fsp3) is 0.600. The van der Waals surface area contributed by atoms with E-state index in [4.69, 9.17) is 4.74 Å². The lowest BCUT2D eigenvalue weighted by Gasteiger charge is -2.29. The third kappa shape index (κ3) is 3.50. The second-order valence-corrected chi connectivity index (χ2v) is 6.91. The molecule has 1 saturated heterocycles. The van der Waals surface area contributed by atoms with Crippen molar-refractivity contribution in [2.75, 3.05) is 6.61 Å². The molecule has 0 spiro atoms. The summed E-state index contributed by atoms with van der Waals surface area (Å²) in [6.07, 6.45) is 0.433. The fourth-order valence-corrected chi connectivity index (χ4v) is 3.87. The highest BCUT2D eigenvalue weighted by molar-refractivity contribution is 8.00. The molecule has 110 valence electrons. The van der Waals surface area contributed by atoms with E-state index in [1.54, 1.807) is 17.8 Å². The van der Waals surface area contributed by atoms with Crippen LogP contribution in [0.3, 0.4) is 0 Å². The fourth-order valence-electron chi connectivity index (χ4n) is 2.64. The summed E-state index contributed by atoms with van der Waals surface area (Å²) < 4.78 is 43.8.